The molecule has 0 amide bonds. The first-order chi connectivity index (χ1) is 15.7. The van der Waals surface area contributed by atoms with Crippen molar-refractivity contribution in [1.29, 1.82) is 0 Å². The second kappa shape index (κ2) is 9.06. The molecule has 6 nitrogen and oxygen atoms in total. The number of Topliss-reactive ketones (excluding diaryl/α,β-unsaturated/α-hetero) is 1. The van der Waals surface area contributed by atoms with Crippen LogP contribution in [0, 0.1) is 0 Å². The van der Waals surface area contributed by atoms with Gasteiger partial charge in [-0.1, -0.05) is 53.7 Å². The van der Waals surface area contributed by atoms with Crippen LogP contribution in [0.5, 0.6) is 11.5 Å². The molecule has 160 valence electrons. The van der Waals surface area contributed by atoms with Gasteiger partial charge in [-0.15, -0.1) is 10.2 Å². The van der Waals surface area contributed by atoms with Crippen molar-refractivity contribution in [3.8, 4) is 17.2 Å². The number of thioether (sulfide) groups is 1. The summed E-state index contributed by atoms with van der Waals surface area (Å²) in [7, 11) is 0. The largest absolute Gasteiger partial charge is 0.485 e. The van der Waals surface area contributed by atoms with Crippen molar-refractivity contribution in [2.75, 3.05) is 12.4 Å². The topological polar surface area (TPSA) is 66.2 Å². The molecule has 0 saturated carbocycles. The van der Waals surface area contributed by atoms with E-state index in [2.05, 4.69) is 10.2 Å². The minimum absolute atomic E-state index is 0.0120. The quantitative estimate of drug-likeness (QED) is 0.281. The van der Waals surface area contributed by atoms with Gasteiger partial charge in [-0.2, -0.15) is 0 Å². The number of hydrogen-bond donors (Lipinski definition) is 0. The Labute approximate surface area is 194 Å². The van der Waals surface area contributed by atoms with Gasteiger partial charge in [0.2, 0.25) is 0 Å². The summed E-state index contributed by atoms with van der Waals surface area (Å²) in [6.07, 6.45) is -0.432. The summed E-state index contributed by atoms with van der Waals surface area (Å²) in [5.41, 5.74) is 1.49. The van der Waals surface area contributed by atoms with Gasteiger partial charge in [0.15, 0.2) is 34.4 Å². The molecular weight excluding hydrogens is 446 g/mol. The van der Waals surface area contributed by atoms with E-state index in [1.807, 2.05) is 59.2 Å². The molecule has 8 heteroatoms. The van der Waals surface area contributed by atoms with Crippen LogP contribution >= 0.6 is 23.4 Å². The van der Waals surface area contributed by atoms with Crippen LogP contribution in [0.1, 0.15) is 22.3 Å². The molecule has 1 aliphatic rings. The summed E-state index contributed by atoms with van der Waals surface area (Å²) in [5.74, 6) is 2.20. The van der Waals surface area contributed by atoms with Gasteiger partial charge >= 0.3 is 0 Å². The highest BCUT2D eigenvalue weighted by Crippen LogP contribution is 2.37. The molecule has 0 aliphatic carbocycles. The number of fused-ring (bicyclic) bond motifs is 1. The average Bonchev–Trinajstić information content (AvgIpc) is 3.27. The number of ketones is 1. The zero-order valence-electron chi connectivity index (χ0n) is 16.8. The number of hydrogen-bond acceptors (Lipinski definition) is 6. The normalized spacial score (nSPS) is 14.8. The van der Waals surface area contributed by atoms with E-state index >= 15 is 0 Å². The third-order valence-corrected chi connectivity index (χ3v) is 6.15. The van der Waals surface area contributed by atoms with Crippen molar-refractivity contribution in [2.45, 2.75) is 11.3 Å². The number of para-hydroxylation sites is 3. The standard InChI is InChI=1S/C24H18ClN3O3S/c25-17-12-10-16(11-13-17)19(29)15-32-24-27-26-23(28(24)18-6-2-1-3-7-18)22-14-30-20-8-4-5-9-21(20)31-22/h1-13,22H,14-15H2/t22-/m0/s1. The number of aromatic nitrogens is 3. The first-order valence-electron chi connectivity index (χ1n) is 10.00. The maximum Gasteiger partial charge on any atom is 0.196 e. The molecule has 0 unspecified atom stereocenters. The van der Waals surface area contributed by atoms with Gasteiger partial charge in [0.25, 0.3) is 0 Å². The third-order valence-electron chi connectivity index (χ3n) is 4.97. The van der Waals surface area contributed by atoms with Crippen LogP contribution in [0.15, 0.2) is 84.0 Å². The highest BCUT2D eigenvalue weighted by Gasteiger charge is 2.29. The average molecular weight is 464 g/mol. The molecule has 2 heterocycles. The van der Waals surface area contributed by atoms with Gasteiger partial charge in [-0.05, 0) is 48.5 Å². The monoisotopic (exact) mass is 463 g/mol. The number of nitrogens with zero attached hydrogens (tertiary/aromatic N) is 3. The van der Waals surface area contributed by atoms with Crippen LogP contribution in [0.25, 0.3) is 5.69 Å². The van der Waals surface area contributed by atoms with Crippen molar-refractivity contribution in [3.63, 3.8) is 0 Å². The lowest BCUT2D eigenvalue weighted by molar-refractivity contribution is 0.0835. The van der Waals surface area contributed by atoms with E-state index in [-0.39, 0.29) is 11.5 Å². The molecule has 5 rings (SSSR count). The Bertz CT molecular complexity index is 1250. The fourth-order valence-electron chi connectivity index (χ4n) is 3.40. The van der Waals surface area contributed by atoms with E-state index in [1.54, 1.807) is 24.3 Å². The number of ether oxygens (including phenoxy) is 2. The van der Waals surface area contributed by atoms with Crippen molar-refractivity contribution < 1.29 is 14.3 Å². The van der Waals surface area contributed by atoms with E-state index in [9.17, 15) is 4.79 Å². The fraction of sp³-hybridized carbons (Fsp3) is 0.125. The number of benzene rings is 3. The summed E-state index contributed by atoms with van der Waals surface area (Å²) in [6.45, 7) is 0.316. The van der Waals surface area contributed by atoms with Crippen LogP contribution in [-0.4, -0.2) is 32.9 Å². The molecule has 32 heavy (non-hydrogen) atoms. The van der Waals surface area contributed by atoms with Crippen molar-refractivity contribution in [2.24, 2.45) is 0 Å². The van der Waals surface area contributed by atoms with Gasteiger partial charge in [-0.25, -0.2) is 0 Å². The molecule has 0 saturated heterocycles. The van der Waals surface area contributed by atoms with E-state index in [4.69, 9.17) is 21.1 Å². The van der Waals surface area contributed by atoms with Crippen LogP contribution in [0.3, 0.4) is 0 Å². The number of carbonyl (C=O) groups is 1. The lowest BCUT2D eigenvalue weighted by Crippen LogP contribution is -2.24. The molecule has 1 aromatic heterocycles. The smallest absolute Gasteiger partial charge is 0.196 e. The van der Waals surface area contributed by atoms with E-state index in [0.29, 0.717) is 39.7 Å². The zero-order chi connectivity index (χ0) is 21.9. The highest BCUT2D eigenvalue weighted by molar-refractivity contribution is 7.99. The van der Waals surface area contributed by atoms with Gasteiger partial charge in [0.1, 0.15) is 6.61 Å². The molecule has 1 atom stereocenters. The zero-order valence-corrected chi connectivity index (χ0v) is 18.4. The second-order valence-electron chi connectivity index (χ2n) is 7.09. The lowest BCUT2D eigenvalue weighted by atomic mass is 10.1. The second-order valence-corrected chi connectivity index (χ2v) is 8.47. The first kappa shape index (κ1) is 20.6. The molecule has 0 N–H and O–H groups in total. The molecule has 0 spiro atoms. The van der Waals surface area contributed by atoms with Gasteiger partial charge in [-0.3, -0.25) is 9.36 Å². The molecule has 0 fully saturated rings. The minimum Gasteiger partial charge on any atom is -0.485 e. The third kappa shape index (κ3) is 4.22. The molecular formula is C24H18ClN3O3S. The molecule has 0 radical (unpaired) electrons. The Balaban J connectivity index is 1.43. The van der Waals surface area contributed by atoms with Gasteiger partial charge in [0, 0.05) is 16.3 Å². The summed E-state index contributed by atoms with van der Waals surface area (Å²) in [6, 6.07) is 24.2. The maximum absolute atomic E-state index is 12.7. The fourth-order valence-corrected chi connectivity index (χ4v) is 4.38. The van der Waals surface area contributed by atoms with Gasteiger partial charge < -0.3 is 9.47 Å². The summed E-state index contributed by atoms with van der Waals surface area (Å²) in [5, 5.41) is 9.98. The SMILES string of the molecule is O=C(CSc1nnc([C@@H]2COc3ccccc3O2)n1-c1ccccc1)c1ccc(Cl)cc1. The van der Waals surface area contributed by atoms with Crippen LogP contribution < -0.4 is 9.47 Å². The number of halogens is 1. The summed E-state index contributed by atoms with van der Waals surface area (Å²) >= 11 is 7.26. The van der Waals surface area contributed by atoms with Crippen molar-refractivity contribution in [1.82, 2.24) is 14.8 Å². The Morgan fingerprint density at radius 1 is 0.969 bits per heavy atom. The predicted molar refractivity (Wildman–Crippen MR) is 123 cm³/mol. The van der Waals surface area contributed by atoms with Crippen molar-refractivity contribution in [3.05, 3.63) is 95.3 Å². The predicted octanol–water partition coefficient (Wildman–Crippen LogP) is 5.41. The number of rotatable bonds is 6. The van der Waals surface area contributed by atoms with E-state index in [1.165, 1.54) is 11.8 Å². The molecule has 4 aromatic rings. The van der Waals surface area contributed by atoms with E-state index < -0.39 is 6.10 Å². The van der Waals surface area contributed by atoms with Crippen LogP contribution in [0.4, 0.5) is 0 Å². The summed E-state index contributed by atoms with van der Waals surface area (Å²) in [4.78, 5) is 12.7. The highest BCUT2D eigenvalue weighted by atomic mass is 35.5. The Morgan fingerprint density at radius 3 is 2.47 bits per heavy atom. The minimum atomic E-state index is -0.432. The van der Waals surface area contributed by atoms with E-state index in [0.717, 1.165) is 5.69 Å². The Hall–Kier alpha value is -3.29. The molecule has 0 bridgehead atoms. The van der Waals surface area contributed by atoms with Crippen LogP contribution in [0.2, 0.25) is 5.02 Å². The lowest BCUT2D eigenvalue weighted by Gasteiger charge is -2.26. The van der Waals surface area contributed by atoms with Gasteiger partial charge in [0.05, 0.1) is 5.75 Å². The van der Waals surface area contributed by atoms with Crippen molar-refractivity contribution >= 4 is 29.1 Å². The Morgan fingerprint density at radius 2 is 1.69 bits per heavy atom. The van der Waals surface area contributed by atoms with Crippen LogP contribution in [-0.2, 0) is 0 Å². The maximum atomic E-state index is 12.7. The Kier molecular flexibility index (Phi) is 5.83. The molecule has 1 aliphatic heterocycles. The molecule has 3 aromatic carbocycles. The number of carbonyl (C=O) groups excluding carboxylic acids is 1. The first-order valence-corrected chi connectivity index (χ1v) is 11.4. The summed E-state index contributed by atoms with van der Waals surface area (Å²) < 4.78 is 14.0.